The van der Waals surface area contributed by atoms with Gasteiger partial charge in [-0.2, -0.15) is 5.10 Å². The fraction of sp³-hybridized carbons (Fsp3) is 0.474. The molecule has 0 fully saturated rings. The van der Waals surface area contributed by atoms with Crippen LogP contribution in [0.4, 0.5) is 4.79 Å². The smallest absolute Gasteiger partial charge is 0.318 e. The van der Waals surface area contributed by atoms with E-state index >= 15 is 0 Å². The second-order valence-electron chi connectivity index (χ2n) is 6.80. The van der Waals surface area contributed by atoms with Gasteiger partial charge in [0.05, 0.1) is 24.9 Å². The van der Waals surface area contributed by atoms with Gasteiger partial charge < -0.3 is 15.3 Å². The first kappa shape index (κ1) is 17.5. The Hall–Kier alpha value is -2.34. The van der Waals surface area contributed by atoms with Crippen LogP contribution in [0.3, 0.4) is 0 Å². The van der Waals surface area contributed by atoms with Crippen LogP contribution in [0.25, 0.3) is 0 Å². The molecule has 2 heterocycles. The zero-order chi connectivity index (χ0) is 18.0. The third kappa shape index (κ3) is 3.69. The van der Waals surface area contributed by atoms with Crippen molar-refractivity contribution in [2.45, 2.75) is 45.8 Å². The predicted octanol–water partition coefficient (Wildman–Crippen LogP) is 2.19. The summed E-state index contributed by atoms with van der Waals surface area (Å²) in [5.41, 5.74) is 4.31. The summed E-state index contributed by atoms with van der Waals surface area (Å²) < 4.78 is 1.91. The van der Waals surface area contributed by atoms with Crippen LogP contribution in [0.1, 0.15) is 35.5 Å². The van der Waals surface area contributed by atoms with E-state index in [9.17, 15) is 9.90 Å². The predicted molar refractivity (Wildman–Crippen MR) is 96.4 cm³/mol. The van der Waals surface area contributed by atoms with Crippen molar-refractivity contribution < 1.29 is 9.90 Å². The van der Waals surface area contributed by atoms with E-state index in [4.69, 9.17) is 0 Å². The highest BCUT2D eigenvalue weighted by atomic mass is 16.3. The maximum absolute atomic E-state index is 12.7. The molecule has 2 amide bonds. The lowest BCUT2D eigenvalue weighted by Crippen LogP contribution is -2.49. The Morgan fingerprint density at radius 2 is 2.16 bits per heavy atom. The van der Waals surface area contributed by atoms with Crippen LogP contribution in [0.2, 0.25) is 0 Å². The van der Waals surface area contributed by atoms with Crippen molar-refractivity contribution in [3.8, 4) is 0 Å². The van der Waals surface area contributed by atoms with Crippen molar-refractivity contribution in [2.75, 3.05) is 13.2 Å². The average molecular weight is 342 g/mol. The number of nitrogens with zero attached hydrogens (tertiary/aromatic N) is 3. The van der Waals surface area contributed by atoms with Crippen LogP contribution in [0.15, 0.2) is 30.3 Å². The molecule has 1 aliphatic rings. The summed E-state index contributed by atoms with van der Waals surface area (Å²) in [6.45, 7) is 7.11. The fourth-order valence-corrected chi connectivity index (χ4v) is 3.55. The van der Waals surface area contributed by atoms with Gasteiger partial charge in [0.25, 0.3) is 0 Å². The van der Waals surface area contributed by atoms with Gasteiger partial charge in [0.15, 0.2) is 0 Å². The summed E-state index contributed by atoms with van der Waals surface area (Å²) in [5, 5.41) is 17.3. The Morgan fingerprint density at radius 3 is 2.84 bits per heavy atom. The third-order valence-electron chi connectivity index (χ3n) is 4.77. The molecule has 0 spiro atoms. The zero-order valence-corrected chi connectivity index (χ0v) is 15.1. The molecule has 1 aromatic heterocycles. The fourth-order valence-electron chi connectivity index (χ4n) is 3.55. The van der Waals surface area contributed by atoms with Gasteiger partial charge in [-0.3, -0.25) is 4.68 Å². The van der Waals surface area contributed by atoms with Gasteiger partial charge in [-0.25, -0.2) is 4.79 Å². The Bertz CT molecular complexity index is 756. The number of nitrogens with one attached hydrogen (secondary N) is 1. The van der Waals surface area contributed by atoms with Crippen molar-refractivity contribution in [3.05, 3.63) is 52.8 Å². The molecule has 0 saturated heterocycles. The lowest BCUT2D eigenvalue weighted by atomic mass is 9.93. The maximum atomic E-state index is 12.7. The molecule has 3 rings (SSSR count). The number of rotatable bonds is 4. The van der Waals surface area contributed by atoms with Crippen LogP contribution in [0.5, 0.6) is 0 Å². The van der Waals surface area contributed by atoms with E-state index in [1.807, 2.05) is 49.7 Å². The highest BCUT2D eigenvalue weighted by molar-refractivity contribution is 5.75. The maximum Gasteiger partial charge on any atom is 0.318 e. The van der Waals surface area contributed by atoms with Crippen LogP contribution >= 0.6 is 0 Å². The number of benzene rings is 1. The molecular formula is C19H26N4O2. The van der Waals surface area contributed by atoms with Crippen molar-refractivity contribution in [2.24, 2.45) is 0 Å². The number of hydrogen-bond donors (Lipinski definition) is 2. The number of hydrogen-bond acceptors (Lipinski definition) is 3. The summed E-state index contributed by atoms with van der Waals surface area (Å²) in [6, 6.07) is 9.56. The van der Waals surface area contributed by atoms with Crippen molar-refractivity contribution >= 4 is 6.03 Å². The normalized spacial score (nSPS) is 17.9. The van der Waals surface area contributed by atoms with Crippen molar-refractivity contribution in [1.29, 1.82) is 0 Å². The highest BCUT2D eigenvalue weighted by Crippen LogP contribution is 2.29. The molecule has 0 unspecified atom stereocenters. The molecule has 0 bridgehead atoms. The van der Waals surface area contributed by atoms with Gasteiger partial charge >= 0.3 is 6.03 Å². The number of aliphatic hydroxyl groups is 1. The topological polar surface area (TPSA) is 70.4 Å². The first-order valence-corrected chi connectivity index (χ1v) is 8.76. The molecule has 6 heteroatoms. The van der Waals surface area contributed by atoms with Crippen LogP contribution in [-0.4, -0.2) is 45.0 Å². The number of aromatic nitrogens is 2. The third-order valence-corrected chi connectivity index (χ3v) is 4.77. The number of urea groups is 1. The lowest BCUT2D eigenvalue weighted by Gasteiger charge is -2.37. The molecule has 1 aliphatic heterocycles. The second kappa shape index (κ2) is 7.27. The molecule has 134 valence electrons. The Labute approximate surface area is 148 Å². The van der Waals surface area contributed by atoms with Gasteiger partial charge in [0.2, 0.25) is 0 Å². The van der Waals surface area contributed by atoms with Crippen molar-refractivity contribution in [1.82, 2.24) is 20.0 Å². The number of carbonyl (C=O) groups is 1. The minimum absolute atomic E-state index is 0.0537. The van der Waals surface area contributed by atoms with Gasteiger partial charge in [0, 0.05) is 18.3 Å². The molecule has 2 N–H and O–H groups in total. The molecule has 2 aromatic rings. The Kier molecular flexibility index (Phi) is 5.08. The summed E-state index contributed by atoms with van der Waals surface area (Å²) in [6.07, 6.45) is 0.811. The second-order valence-corrected chi connectivity index (χ2v) is 6.80. The highest BCUT2D eigenvalue weighted by Gasteiger charge is 2.30. The molecule has 0 saturated carbocycles. The first-order valence-electron chi connectivity index (χ1n) is 8.76. The molecule has 1 aromatic carbocycles. The Balaban J connectivity index is 1.67. The van der Waals surface area contributed by atoms with E-state index in [2.05, 4.69) is 16.5 Å². The largest absolute Gasteiger partial charge is 0.394 e. The Morgan fingerprint density at radius 1 is 1.40 bits per heavy atom. The number of aliphatic hydroxyl groups excluding tert-OH is 1. The first-order chi connectivity index (χ1) is 12.0. The number of amides is 2. The minimum Gasteiger partial charge on any atom is -0.394 e. The average Bonchev–Trinajstić information content (AvgIpc) is 2.90. The molecule has 0 aliphatic carbocycles. The van der Waals surface area contributed by atoms with E-state index < -0.39 is 0 Å². The van der Waals surface area contributed by atoms with E-state index in [0.717, 1.165) is 23.4 Å². The minimum atomic E-state index is -0.286. The van der Waals surface area contributed by atoms with Gasteiger partial charge in [0.1, 0.15) is 0 Å². The number of carbonyl (C=O) groups excluding carboxylic acids is 1. The summed E-state index contributed by atoms with van der Waals surface area (Å²) in [7, 11) is 0. The summed E-state index contributed by atoms with van der Waals surface area (Å²) >= 11 is 0. The van der Waals surface area contributed by atoms with Gasteiger partial charge in [-0.15, -0.1) is 0 Å². The van der Waals surface area contributed by atoms with Crippen LogP contribution < -0.4 is 5.32 Å². The quantitative estimate of drug-likeness (QED) is 0.895. The zero-order valence-electron chi connectivity index (χ0n) is 15.1. The molecular weight excluding hydrogens is 316 g/mol. The number of aryl methyl sites for hydroxylation is 2. The monoisotopic (exact) mass is 342 g/mol. The van der Waals surface area contributed by atoms with Gasteiger partial charge in [-0.05, 0) is 44.4 Å². The van der Waals surface area contributed by atoms with Crippen LogP contribution in [-0.2, 0) is 13.0 Å². The van der Waals surface area contributed by atoms with Crippen molar-refractivity contribution in [3.63, 3.8) is 0 Å². The molecule has 2 atom stereocenters. The molecule has 6 nitrogen and oxygen atoms in total. The summed E-state index contributed by atoms with van der Waals surface area (Å²) in [5.74, 6) is 0. The van der Waals surface area contributed by atoms with Crippen LogP contribution in [0, 0.1) is 13.8 Å². The number of fused-ring (bicyclic) bond motifs is 1. The van der Waals surface area contributed by atoms with E-state index in [1.165, 1.54) is 5.56 Å². The standard InChI is InChI=1S/C19H26N4O2/c1-13-10-15(3)23(21-13)11-14(2)20-19(25)22-9-8-16-6-4-5-7-17(16)18(22)12-24/h4-7,10,14,18,24H,8-9,11-12H2,1-3H3,(H,20,25)/t14-,18-/m0/s1. The lowest BCUT2D eigenvalue weighted by molar-refractivity contribution is 0.124. The van der Waals surface area contributed by atoms with Gasteiger partial charge in [-0.1, -0.05) is 24.3 Å². The molecule has 25 heavy (non-hydrogen) atoms. The van der Waals surface area contributed by atoms with E-state index in [0.29, 0.717) is 13.1 Å². The molecule has 0 radical (unpaired) electrons. The summed E-state index contributed by atoms with van der Waals surface area (Å²) in [4.78, 5) is 14.5. The SMILES string of the molecule is Cc1cc(C)n(C[C@H](C)NC(=O)N2CCc3ccccc3[C@@H]2CO)n1. The van der Waals surface area contributed by atoms with E-state index in [-0.39, 0.29) is 24.7 Å². The van der Waals surface area contributed by atoms with E-state index in [1.54, 1.807) is 4.90 Å².